The van der Waals surface area contributed by atoms with Crippen molar-refractivity contribution in [3.05, 3.63) is 212 Å². The van der Waals surface area contributed by atoms with Crippen molar-refractivity contribution in [2.45, 2.75) is 0 Å². The predicted molar refractivity (Wildman–Crippen MR) is 231 cm³/mol. The van der Waals surface area contributed by atoms with Gasteiger partial charge in [0.25, 0.3) is 0 Å². The number of hydrogen-bond donors (Lipinski definition) is 0. The molecule has 0 N–H and O–H groups in total. The summed E-state index contributed by atoms with van der Waals surface area (Å²) in [6.07, 6.45) is 0. The summed E-state index contributed by atoms with van der Waals surface area (Å²) in [5.74, 6) is 0. The standard InChI is InChI=1S/C52H35N3/c1-4-18-38(19-5-1)49-50(39-30-32-42(33-31-39)55(40-22-6-2-7-23-40)41-24-8-3-9-25-41)54-52-48(46-29-15-21-37-17-11-13-27-44(37)46)35-34-47(51(52)53-49)45-28-14-20-36-16-10-12-26-43(36)45/h1-35H. The SMILES string of the molecule is c1ccc(-c2nc3c(-c4cccc5ccccc45)ccc(-c4cccc5ccccc45)c3nc2-c2ccc(N(c3ccccc3)c3ccccc3)cc2)cc1. The molecular formula is C52H35N3. The maximum Gasteiger partial charge on any atom is 0.0979 e. The molecule has 10 aromatic rings. The zero-order valence-electron chi connectivity index (χ0n) is 30.0. The van der Waals surface area contributed by atoms with Gasteiger partial charge in [-0.2, -0.15) is 0 Å². The van der Waals surface area contributed by atoms with Gasteiger partial charge in [-0.25, -0.2) is 9.97 Å². The van der Waals surface area contributed by atoms with Crippen molar-refractivity contribution >= 4 is 49.6 Å². The van der Waals surface area contributed by atoms with Gasteiger partial charge in [0.1, 0.15) is 0 Å². The highest BCUT2D eigenvalue weighted by Crippen LogP contribution is 2.42. The highest BCUT2D eigenvalue weighted by atomic mass is 15.1. The Bertz CT molecular complexity index is 2910. The van der Waals surface area contributed by atoms with E-state index >= 15 is 0 Å². The van der Waals surface area contributed by atoms with Crippen LogP contribution in [-0.4, -0.2) is 9.97 Å². The number of fused-ring (bicyclic) bond motifs is 3. The lowest BCUT2D eigenvalue weighted by Crippen LogP contribution is -2.09. The summed E-state index contributed by atoms with van der Waals surface area (Å²) >= 11 is 0. The van der Waals surface area contributed by atoms with Gasteiger partial charge in [-0.05, 0) is 69.1 Å². The maximum atomic E-state index is 5.69. The van der Waals surface area contributed by atoms with Gasteiger partial charge in [-0.15, -0.1) is 0 Å². The van der Waals surface area contributed by atoms with Gasteiger partial charge in [-0.1, -0.05) is 176 Å². The Kier molecular flexibility index (Phi) is 8.16. The third-order valence-corrected chi connectivity index (χ3v) is 10.5. The second-order valence-corrected chi connectivity index (χ2v) is 13.8. The molecule has 3 nitrogen and oxygen atoms in total. The number of para-hydroxylation sites is 2. The highest BCUT2D eigenvalue weighted by molar-refractivity contribution is 6.10. The largest absolute Gasteiger partial charge is 0.311 e. The van der Waals surface area contributed by atoms with Crippen molar-refractivity contribution < 1.29 is 0 Å². The molecule has 0 fully saturated rings. The normalized spacial score (nSPS) is 11.3. The molecule has 0 aliphatic carbocycles. The first kappa shape index (κ1) is 32.3. The molecule has 1 aromatic heterocycles. The third-order valence-electron chi connectivity index (χ3n) is 10.5. The van der Waals surface area contributed by atoms with Gasteiger partial charge in [0.2, 0.25) is 0 Å². The van der Waals surface area contributed by atoms with Gasteiger partial charge in [0, 0.05) is 39.3 Å². The molecule has 0 unspecified atom stereocenters. The first-order valence-electron chi connectivity index (χ1n) is 18.7. The van der Waals surface area contributed by atoms with E-state index in [0.717, 1.165) is 72.9 Å². The average molecular weight is 702 g/mol. The third kappa shape index (κ3) is 5.89. The van der Waals surface area contributed by atoms with Crippen LogP contribution in [0.5, 0.6) is 0 Å². The molecular weight excluding hydrogens is 667 g/mol. The molecule has 55 heavy (non-hydrogen) atoms. The van der Waals surface area contributed by atoms with Gasteiger partial charge in [0.05, 0.1) is 22.4 Å². The van der Waals surface area contributed by atoms with Crippen LogP contribution in [0.4, 0.5) is 17.1 Å². The fourth-order valence-electron chi connectivity index (χ4n) is 7.86. The van der Waals surface area contributed by atoms with Crippen LogP contribution in [0.25, 0.3) is 77.3 Å². The molecule has 0 atom stereocenters. The summed E-state index contributed by atoms with van der Waals surface area (Å²) in [5.41, 5.74) is 13.1. The lowest BCUT2D eigenvalue weighted by Gasteiger charge is -2.25. The summed E-state index contributed by atoms with van der Waals surface area (Å²) in [7, 11) is 0. The molecule has 9 aromatic carbocycles. The van der Waals surface area contributed by atoms with Crippen LogP contribution in [0.1, 0.15) is 0 Å². The fourth-order valence-corrected chi connectivity index (χ4v) is 7.86. The first-order chi connectivity index (χ1) is 27.3. The van der Waals surface area contributed by atoms with Gasteiger partial charge >= 0.3 is 0 Å². The zero-order valence-corrected chi connectivity index (χ0v) is 30.0. The summed E-state index contributed by atoms with van der Waals surface area (Å²) in [6, 6.07) is 74.9. The van der Waals surface area contributed by atoms with E-state index in [1.165, 1.54) is 21.5 Å². The van der Waals surface area contributed by atoms with Crippen molar-refractivity contribution in [3.63, 3.8) is 0 Å². The van der Waals surface area contributed by atoms with Crippen LogP contribution >= 0.6 is 0 Å². The van der Waals surface area contributed by atoms with E-state index in [2.05, 4.69) is 211 Å². The Hall–Kier alpha value is -7.36. The van der Waals surface area contributed by atoms with Gasteiger partial charge in [0.15, 0.2) is 0 Å². The van der Waals surface area contributed by atoms with Crippen LogP contribution < -0.4 is 4.90 Å². The molecule has 0 aliphatic rings. The minimum atomic E-state index is 0.841. The Labute approximate surface area is 320 Å². The molecule has 0 bridgehead atoms. The van der Waals surface area contributed by atoms with E-state index in [9.17, 15) is 0 Å². The Morgan fingerprint density at radius 1 is 0.273 bits per heavy atom. The molecule has 0 radical (unpaired) electrons. The highest BCUT2D eigenvalue weighted by Gasteiger charge is 2.21. The van der Waals surface area contributed by atoms with Crippen LogP contribution in [0.3, 0.4) is 0 Å². The van der Waals surface area contributed by atoms with Crippen LogP contribution in [0.15, 0.2) is 212 Å². The molecule has 0 aliphatic heterocycles. The molecule has 0 amide bonds. The minimum absolute atomic E-state index is 0.841. The number of anilines is 3. The van der Waals surface area contributed by atoms with Crippen molar-refractivity contribution in [1.82, 2.24) is 9.97 Å². The fraction of sp³-hybridized carbons (Fsp3) is 0. The summed E-state index contributed by atoms with van der Waals surface area (Å²) in [6.45, 7) is 0. The quantitative estimate of drug-likeness (QED) is 0.166. The van der Waals surface area contributed by atoms with Crippen LogP contribution in [0, 0.1) is 0 Å². The van der Waals surface area contributed by atoms with E-state index in [1.54, 1.807) is 0 Å². The minimum Gasteiger partial charge on any atom is -0.311 e. The Morgan fingerprint density at radius 3 is 1.15 bits per heavy atom. The monoisotopic (exact) mass is 701 g/mol. The molecule has 3 heteroatoms. The summed E-state index contributed by atoms with van der Waals surface area (Å²) < 4.78 is 0. The smallest absolute Gasteiger partial charge is 0.0979 e. The zero-order chi connectivity index (χ0) is 36.6. The second kappa shape index (κ2) is 13.9. The van der Waals surface area contributed by atoms with Gasteiger partial charge < -0.3 is 4.90 Å². The van der Waals surface area contributed by atoms with Crippen molar-refractivity contribution in [2.75, 3.05) is 4.90 Å². The topological polar surface area (TPSA) is 29.0 Å². The second-order valence-electron chi connectivity index (χ2n) is 13.8. The number of hydrogen-bond acceptors (Lipinski definition) is 3. The van der Waals surface area contributed by atoms with E-state index in [4.69, 9.17) is 9.97 Å². The first-order valence-corrected chi connectivity index (χ1v) is 18.7. The van der Waals surface area contributed by atoms with E-state index in [-0.39, 0.29) is 0 Å². The van der Waals surface area contributed by atoms with E-state index < -0.39 is 0 Å². The molecule has 1 heterocycles. The van der Waals surface area contributed by atoms with Gasteiger partial charge in [-0.3, -0.25) is 0 Å². The lowest BCUT2D eigenvalue weighted by atomic mass is 9.91. The van der Waals surface area contributed by atoms with Crippen molar-refractivity contribution in [3.8, 4) is 44.8 Å². The molecule has 0 saturated heterocycles. The molecule has 10 rings (SSSR count). The van der Waals surface area contributed by atoms with E-state index in [0.29, 0.717) is 0 Å². The summed E-state index contributed by atoms with van der Waals surface area (Å²) in [5, 5.41) is 4.76. The maximum absolute atomic E-state index is 5.69. The van der Waals surface area contributed by atoms with E-state index in [1.807, 2.05) is 6.07 Å². The summed E-state index contributed by atoms with van der Waals surface area (Å²) in [4.78, 5) is 13.6. The van der Waals surface area contributed by atoms with Crippen molar-refractivity contribution in [2.24, 2.45) is 0 Å². The Balaban J connectivity index is 1.24. The number of rotatable bonds is 7. The average Bonchev–Trinajstić information content (AvgIpc) is 3.27. The van der Waals surface area contributed by atoms with Crippen LogP contribution in [0.2, 0.25) is 0 Å². The van der Waals surface area contributed by atoms with Crippen molar-refractivity contribution in [1.29, 1.82) is 0 Å². The molecule has 0 saturated carbocycles. The van der Waals surface area contributed by atoms with Crippen LogP contribution in [-0.2, 0) is 0 Å². The number of nitrogens with zero attached hydrogens (tertiary/aromatic N) is 3. The Morgan fingerprint density at radius 2 is 0.655 bits per heavy atom. The number of benzene rings is 9. The molecule has 0 spiro atoms. The molecule has 258 valence electrons. The number of aromatic nitrogens is 2. The lowest BCUT2D eigenvalue weighted by molar-refractivity contribution is 1.27. The predicted octanol–water partition coefficient (Wildman–Crippen LogP) is 14.1.